The second-order valence-electron chi connectivity index (χ2n) is 20.7. The van der Waals surface area contributed by atoms with Gasteiger partial charge in [0.05, 0.1) is 30.7 Å². The molecule has 1 N–H and O–H groups in total. The van der Waals surface area contributed by atoms with Gasteiger partial charge in [0.1, 0.15) is 11.3 Å². The molecule has 3 atom stereocenters. The van der Waals surface area contributed by atoms with Crippen molar-refractivity contribution in [2.75, 3.05) is 25.1 Å². The number of benzene rings is 1. The van der Waals surface area contributed by atoms with Crippen molar-refractivity contribution in [3.8, 4) is 11.3 Å². The van der Waals surface area contributed by atoms with E-state index in [1.54, 1.807) is 6.07 Å². The van der Waals surface area contributed by atoms with E-state index in [1.807, 2.05) is 32.9 Å². The van der Waals surface area contributed by atoms with Gasteiger partial charge in [0.2, 0.25) is 0 Å². The predicted octanol–water partition coefficient (Wildman–Crippen LogP) is 10.1. The summed E-state index contributed by atoms with van der Waals surface area (Å²) in [4.78, 5) is 17.3. The minimum absolute atomic E-state index is 0.0681. The lowest BCUT2D eigenvalue weighted by atomic mass is 9.39. The van der Waals surface area contributed by atoms with Crippen LogP contribution in [-0.2, 0) is 26.9 Å². The van der Waals surface area contributed by atoms with Gasteiger partial charge in [-0.2, -0.15) is 5.10 Å². The summed E-state index contributed by atoms with van der Waals surface area (Å²) in [5, 5.41) is 9.03. The van der Waals surface area contributed by atoms with Gasteiger partial charge in [-0.1, -0.05) is 52.8 Å². The second-order valence-corrected chi connectivity index (χ2v) is 25.5. The first-order valence-corrected chi connectivity index (χ1v) is 22.9. The molecule has 4 aliphatic carbocycles. The Balaban J connectivity index is 1.04. The third kappa shape index (κ3) is 7.77. The number of anilines is 1. The lowest BCUT2D eigenvalue weighted by Gasteiger charge is -2.69. The first-order valence-electron chi connectivity index (χ1n) is 20.0. The van der Waals surface area contributed by atoms with Crippen LogP contribution in [0.4, 0.5) is 5.69 Å². The smallest absolute Gasteiger partial charge is 0.357 e. The Morgan fingerprint density at radius 3 is 2.36 bits per heavy atom. The molecule has 288 valence electrons. The fourth-order valence-corrected chi connectivity index (χ4v) is 12.2. The summed E-state index contributed by atoms with van der Waals surface area (Å²) in [6.45, 7) is 27.7. The summed E-state index contributed by atoms with van der Waals surface area (Å²) in [5.41, 5.74) is 7.27. The molecule has 53 heavy (non-hydrogen) atoms. The molecule has 1 aromatic carbocycles. The molecule has 3 unspecified atom stereocenters. The van der Waals surface area contributed by atoms with Crippen LogP contribution >= 0.6 is 0 Å². The molecule has 5 aliphatic rings. The van der Waals surface area contributed by atoms with Crippen molar-refractivity contribution in [3.05, 3.63) is 65.1 Å². The van der Waals surface area contributed by atoms with E-state index in [1.165, 1.54) is 48.9 Å². The summed E-state index contributed by atoms with van der Waals surface area (Å²) >= 11 is 0. The van der Waals surface area contributed by atoms with Gasteiger partial charge in [0.15, 0.2) is 8.32 Å². The van der Waals surface area contributed by atoms with Crippen LogP contribution in [0.25, 0.3) is 11.3 Å². The van der Waals surface area contributed by atoms with Crippen molar-refractivity contribution in [2.45, 2.75) is 149 Å². The fraction of sp³-hybridized carbons (Fsp3) is 0.659. The Morgan fingerprint density at radius 2 is 1.68 bits per heavy atom. The number of hydrogen-bond donors (Lipinski definition) is 1. The number of nitrogens with one attached hydrogen (secondary N) is 1. The highest BCUT2D eigenvalue weighted by molar-refractivity contribution is 6.74. The van der Waals surface area contributed by atoms with Crippen LogP contribution in [0, 0.1) is 23.2 Å². The largest absolute Gasteiger partial charge is 0.455 e. The van der Waals surface area contributed by atoms with Crippen molar-refractivity contribution >= 4 is 20.0 Å². The summed E-state index contributed by atoms with van der Waals surface area (Å²) in [5.74, 6) is -0.0612. The number of pyridine rings is 1. The number of nitrogens with zero attached hydrogens (tertiary/aromatic N) is 3. The first kappa shape index (κ1) is 38.3. The molecule has 0 amide bonds. The van der Waals surface area contributed by atoms with Gasteiger partial charge in [-0.15, -0.1) is 0 Å². The van der Waals surface area contributed by atoms with E-state index in [4.69, 9.17) is 19.0 Å². The Labute approximate surface area is 319 Å². The Kier molecular flexibility index (Phi) is 9.42. The summed E-state index contributed by atoms with van der Waals surface area (Å²) in [6.07, 6.45) is 10.4. The molecule has 3 aromatic rings. The van der Waals surface area contributed by atoms with Gasteiger partial charge in [-0.05, 0) is 136 Å². The third-order valence-corrected chi connectivity index (χ3v) is 17.8. The molecule has 3 heterocycles. The average Bonchev–Trinajstić information content (AvgIpc) is 3.38. The highest BCUT2D eigenvalue weighted by atomic mass is 28.4. The summed E-state index contributed by atoms with van der Waals surface area (Å²) in [7, 11) is -1.81. The number of rotatable bonds is 10. The normalized spacial score (nSPS) is 29.5. The van der Waals surface area contributed by atoms with Gasteiger partial charge < -0.3 is 19.2 Å². The van der Waals surface area contributed by atoms with Crippen LogP contribution < -0.4 is 5.32 Å². The first-order chi connectivity index (χ1) is 24.6. The van der Waals surface area contributed by atoms with E-state index < -0.39 is 19.9 Å². The summed E-state index contributed by atoms with van der Waals surface area (Å²) < 4.78 is 21.5. The maximum absolute atomic E-state index is 12.7. The number of ether oxygens (including phenoxy) is 2. The minimum atomic E-state index is -1.81. The van der Waals surface area contributed by atoms with E-state index in [9.17, 15) is 4.79 Å². The Hall–Kier alpha value is -3.01. The van der Waals surface area contributed by atoms with Crippen LogP contribution in [0.15, 0.2) is 42.6 Å². The van der Waals surface area contributed by atoms with Gasteiger partial charge in [-0.25, -0.2) is 9.78 Å². The number of carbonyl (C=O) groups excluding carboxylic acids is 1. The second kappa shape index (κ2) is 13.0. The van der Waals surface area contributed by atoms with Gasteiger partial charge in [-0.3, -0.25) is 4.68 Å². The van der Waals surface area contributed by atoms with E-state index in [0.717, 1.165) is 42.9 Å². The molecule has 4 fully saturated rings. The zero-order valence-electron chi connectivity index (χ0n) is 34.4. The molecule has 8 rings (SSSR count). The van der Waals surface area contributed by atoms with E-state index in [-0.39, 0.29) is 16.1 Å². The third-order valence-electron chi connectivity index (χ3n) is 13.2. The van der Waals surface area contributed by atoms with E-state index in [2.05, 4.69) is 94.0 Å². The van der Waals surface area contributed by atoms with Crippen LogP contribution in [0.3, 0.4) is 0 Å². The minimum Gasteiger partial charge on any atom is -0.455 e. The molecule has 0 radical (unpaired) electrons. The molecule has 1 aliphatic heterocycles. The Morgan fingerprint density at radius 1 is 0.962 bits per heavy atom. The molecular weight excluding hydrogens is 677 g/mol. The maximum Gasteiger partial charge on any atom is 0.357 e. The van der Waals surface area contributed by atoms with Gasteiger partial charge in [0, 0.05) is 36.0 Å². The highest BCUT2D eigenvalue weighted by Crippen LogP contribution is 2.72. The average molecular weight is 741 g/mol. The lowest BCUT2D eigenvalue weighted by Crippen LogP contribution is -2.64. The topological polar surface area (TPSA) is 87.5 Å². The molecule has 4 saturated carbocycles. The zero-order chi connectivity index (χ0) is 38.2. The Bertz CT molecular complexity index is 1850. The molecule has 0 saturated heterocycles. The highest BCUT2D eigenvalue weighted by Gasteiger charge is 2.66. The van der Waals surface area contributed by atoms with Gasteiger partial charge in [0.25, 0.3) is 0 Å². The van der Waals surface area contributed by atoms with E-state index in [0.29, 0.717) is 35.7 Å². The molecule has 2 aromatic heterocycles. The number of hydrogen-bond acceptors (Lipinski definition) is 7. The molecule has 8 nitrogen and oxygen atoms in total. The number of aromatic nitrogens is 3. The van der Waals surface area contributed by atoms with Crippen molar-refractivity contribution in [1.29, 1.82) is 0 Å². The van der Waals surface area contributed by atoms with Crippen LogP contribution in [-0.4, -0.2) is 60.0 Å². The van der Waals surface area contributed by atoms with Crippen LogP contribution in [0.2, 0.25) is 18.1 Å². The molecular formula is C44H64N4O4Si. The lowest BCUT2D eigenvalue weighted by molar-refractivity contribution is -0.249. The van der Waals surface area contributed by atoms with Crippen molar-refractivity contribution in [3.63, 3.8) is 0 Å². The van der Waals surface area contributed by atoms with Gasteiger partial charge >= 0.3 is 5.97 Å². The predicted molar refractivity (Wildman–Crippen MR) is 215 cm³/mol. The van der Waals surface area contributed by atoms with Crippen molar-refractivity contribution in [2.24, 2.45) is 16.2 Å². The van der Waals surface area contributed by atoms with E-state index >= 15 is 0 Å². The molecule has 0 spiro atoms. The van der Waals surface area contributed by atoms with Crippen molar-refractivity contribution < 1.29 is 18.7 Å². The standard InChI is InChI=1S/C44H64N4O4Si/c1-30-34(33-19-31-15-16-32(20-37(31)45-21-33)35-13-12-14-36(47-35)38(49)52-39(2,3)4)22-46-48(30)29-43-24-41(8)23-42(9,25-43)27-44(26-41,28-43)50-17-18-51-53(10,11)40(5,6)7/h12-16,20,22,33,45H,17-19,21,23-29H2,1-11H3. The fourth-order valence-electron chi connectivity index (χ4n) is 11.2. The molecule has 9 heteroatoms. The zero-order valence-corrected chi connectivity index (χ0v) is 35.4. The van der Waals surface area contributed by atoms with Crippen molar-refractivity contribution in [1.82, 2.24) is 14.8 Å². The molecule has 4 bridgehead atoms. The maximum atomic E-state index is 12.7. The SMILES string of the molecule is Cc1c(C2CNc3cc(-c4cccc(C(=O)OC(C)(C)C)n4)ccc3C2)cnn1CC12CC3(C)CC(C)(C1)CC(OCCO[Si](C)(C)C(C)(C)C)(C3)C2. The van der Waals surface area contributed by atoms with Crippen LogP contribution in [0.5, 0.6) is 0 Å². The quantitative estimate of drug-likeness (QED) is 0.126. The number of fused-ring (bicyclic) bond motifs is 1. The number of carbonyl (C=O) groups is 1. The summed E-state index contributed by atoms with van der Waals surface area (Å²) in [6, 6.07) is 12.0. The number of esters is 1. The monoisotopic (exact) mass is 740 g/mol. The van der Waals surface area contributed by atoms with Crippen LogP contribution in [0.1, 0.15) is 127 Å².